The minimum Gasteiger partial charge on any atom is -0.481 e. The monoisotopic (exact) mass is 807 g/mol. The predicted octanol–water partition coefficient (Wildman–Crippen LogP) is 10.1. The number of ketones is 1. The Hall–Kier alpha value is -2.71. The number of esters is 1. The number of ether oxygens (including phenoxy) is 1. The summed E-state index contributed by atoms with van der Waals surface area (Å²) in [7, 11) is 0. The summed E-state index contributed by atoms with van der Waals surface area (Å²) in [5.41, 5.74) is 0.788. The number of aliphatic hydroxyl groups is 1. The van der Waals surface area contributed by atoms with E-state index >= 15 is 0 Å². The molecule has 0 bridgehead atoms. The highest BCUT2D eigenvalue weighted by atomic mass is 35.5. The molecule has 5 aliphatic rings. The molecule has 0 aliphatic heterocycles. The zero-order chi connectivity index (χ0) is 42.3. The van der Waals surface area contributed by atoms with Gasteiger partial charge >= 0.3 is 11.9 Å². The van der Waals surface area contributed by atoms with Gasteiger partial charge in [0.25, 0.3) is 0 Å². The van der Waals surface area contributed by atoms with E-state index in [1.165, 1.54) is 5.57 Å². The highest BCUT2D eigenvalue weighted by molar-refractivity contribution is 6.30. The molecule has 6 rings (SSSR count). The summed E-state index contributed by atoms with van der Waals surface area (Å²) in [4.78, 5) is 54.8. The van der Waals surface area contributed by atoms with Gasteiger partial charge in [0.05, 0.1) is 17.9 Å². The van der Waals surface area contributed by atoms with Crippen LogP contribution in [-0.4, -0.2) is 57.5 Å². The number of aliphatic hydroxyl groups excluding tert-OH is 1. The summed E-state index contributed by atoms with van der Waals surface area (Å²) in [6, 6.07) is 7.52. The lowest BCUT2D eigenvalue weighted by molar-refractivity contribution is -0.235. The predicted molar refractivity (Wildman–Crippen MR) is 223 cm³/mol. The molecular formula is C48H70ClNO7. The Bertz CT molecular complexity index is 1800. The maximum absolute atomic E-state index is 14.3. The van der Waals surface area contributed by atoms with Crippen molar-refractivity contribution in [1.29, 1.82) is 0 Å². The van der Waals surface area contributed by atoms with Crippen molar-refractivity contribution in [1.82, 2.24) is 4.90 Å². The number of fused-ring (bicyclic) bond motifs is 7. The molecule has 0 aromatic heterocycles. The van der Waals surface area contributed by atoms with E-state index in [0.29, 0.717) is 36.2 Å². The van der Waals surface area contributed by atoms with Gasteiger partial charge < -0.3 is 19.8 Å². The third kappa shape index (κ3) is 7.12. The van der Waals surface area contributed by atoms with Crippen molar-refractivity contribution in [2.45, 2.75) is 159 Å². The van der Waals surface area contributed by atoms with E-state index in [2.05, 4.69) is 48.5 Å². The smallest absolute Gasteiger partial charge is 0.309 e. The van der Waals surface area contributed by atoms with Gasteiger partial charge in [-0.1, -0.05) is 91.6 Å². The van der Waals surface area contributed by atoms with Crippen LogP contribution >= 0.6 is 11.6 Å². The molecule has 0 spiro atoms. The minimum atomic E-state index is -1.18. The number of halogens is 1. The van der Waals surface area contributed by atoms with Crippen LogP contribution in [0.3, 0.4) is 0 Å². The number of carbonyl (C=O) groups is 4. The first-order chi connectivity index (χ1) is 26.4. The molecule has 57 heavy (non-hydrogen) atoms. The van der Waals surface area contributed by atoms with Crippen LogP contribution in [0.4, 0.5) is 0 Å². The molecule has 4 fully saturated rings. The van der Waals surface area contributed by atoms with Gasteiger partial charge in [-0.05, 0) is 128 Å². The summed E-state index contributed by atoms with van der Waals surface area (Å²) in [6.45, 7) is 23.7. The molecule has 9 atom stereocenters. The Labute approximate surface area is 346 Å². The van der Waals surface area contributed by atoms with Gasteiger partial charge in [-0.15, -0.1) is 0 Å². The van der Waals surface area contributed by atoms with Gasteiger partial charge in [0.15, 0.2) is 5.78 Å². The third-order valence-electron chi connectivity index (χ3n) is 17.0. The Morgan fingerprint density at radius 3 is 2.14 bits per heavy atom. The van der Waals surface area contributed by atoms with Crippen LogP contribution < -0.4 is 0 Å². The standard InChI is InChI=1S/C48H70ClNO7/c1-28(2)39-33(51)24-48(36(52)27-50(41(54)29(3)4)26-30-12-14-31(49)15-13-30)23-22-46(10)32(40(39)48)16-17-35-45(9)20-19-37(57-38(53)25-43(5,6)42(55)56)44(7,8)34(45)18-21-47(35,46)11/h12-15,28-29,32,34-37,52H,16-27H2,1-11H3,(H,55,56)/t32-,34+,35-,36?,37+,45+,46-,47-,48?/m1/s1. The number of hydrogen-bond donors (Lipinski definition) is 2. The number of nitrogens with zero attached hydrogens (tertiary/aromatic N) is 1. The van der Waals surface area contributed by atoms with Gasteiger partial charge in [-0.25, -0.2) is 0 Å². The third-order valence-corrected chi connectivity index (χ3v) is 17.2. The van der Waals surface area contributed by atoms with E-state index in [9.17, 15) is 29.4 Å². The van der Waals surface area contributed by atoms with E-state index in [-0.39, 0.29) is 70.2 Å². The first-order valence-electron chi connectivity index (χ1n) is 21.8. The second-order valence-electron chi connectivity index (χ2n) is 21.6. The first kappa shape index (κ1) is 43.9. The van der Waals surface area contributed by atoms with E-state index in [0.717, 1.165) is 56.1 Å². The summed E-state index contributed by atoms with van der Waals surface area (Å²) in [5.74, 6) is -0.598. The van der Waals surface area contributed by atoms with Crippen LogP contribution in [0.1, 0.15) is 146 Å². The first-order valence-corrected chi connectivity index (χ1v) is 22.2. The minimum absolute atomic E-state index is 0.0155. The SMILES string of the molecule is CC(C)C(=O)N(Cc1ccc(Cl)cc1)CC(O)C12CC[C@]3(C)[C@H](CC[C@@H]4[C@@]5(C)CC[C@H](OC(=O)CC(C)(C)C(=O)O)C(C)(C)[C@@H]5CC[C@]43C)C1=C(C(C)C)C(=O)C2. The van der Waals surface area contributed by atoms with E-state index < -0.39 is 28.9 Å². The fourth-order valence-electron chi connectivity index (χ4n) is 13.7. The molecule has 4 saturated carbocycles. The number of carboxylic acids is 1. The zero-order valence-corrected chi connectivity index (χ0v) is 37.4. The molecule has 1 aromatic rings. The van der Waals surface area contributed by atoms with Crippen molar-refractivity contribution in [2.24, 2.45) is 62.1 Å². The molecule has 316 valence electrons. The Balaban J connectivity index is 1.30. The number of rotatable bonds is 11. The van der Waals surface area contributed by atoms with Crippen molar-refractivity contribution in [3.05, 3.63) is 46.0 Å². The van der Waals surface area contributed by atoms with Crippen LogP contribution in [0.15, 0.2) is 35.4 Å². The lowest BCUT2D eigenvalue weighted by Gasteiger charge is -2.72. The number of carbonyl (C=O) groups excluding carboxylic acids is 3. The zero-order valence-electron chi connectivity index (χ0n) is 36.6. The molecular weight excluding hydrogens is 738 g/mol. The van der Waals surface area contributed by atoms with Crippen LogP contribution in [0.5, 0.6) is 0 Å². The molecule has 1 amide bonds. The number of carboxylic acid groups (broad SMARTS) is 1. The Morgan fingerprint density at radius 1 is 0.895 bits per heavy atom. The molecule has 0 saturated heterocycles. The second-order valence-corrected chi connectivity index (χ2v) is 22.0. The number of benzene rings is 1. The molecule has 0 heterocycles. The normalized spacial score (nSPS) is 35.2. The molecule has 9 heteroatoms. The summed E-state index contributed by atoms with van der Waals surface area (Å²) in [5, 5.41) is 22.9. The Morgan fingerprint density at radius 2 is 1.54 bits per heavy atom. The van der Waals surface area contributed by atoms with Crippen LogP contribution in [0.25, 0.3) is 0 Å². The summed E-state index contributed by atoms with van der Waals surface area (Å²) >= 11 is 6.19. The largest absolute Gasteiger partial charge is 0.481 e. The maximum Gasteiger partial charge on any atom is 0.309 e. The molecule has 2 unspecified atom stereocenters. The molecule has 5 aliphatic carbocycles. The Kier molecular flexibility index (Phi) is 11.6. The molecule has 2 N–H and O–H groups in total. The van der Waals surface area contributed by atoms with Crippen molar-refractivity contribution in [3.63, 3.8) is 0 Å². The number of allylic oxidation sites excluding steroid dienone is 1. The summed E-state index contributed by atoms with van der Waals surface area (Å²) < 4.78 is 6.18. The fraction of sp³-hybridized carbons (Fsp3) is 0.750. The van der Waals surface area contributed by atoms with E-state index in [1.807, 2.05) is 38.1 Å². The van der Waals surface area contributed by atoms with Crippen LogP contribution in [0.2, 0.25) is 5.02 Å². The fourth-order valence-corrected chi connectivity index (χ4v) is 13.8. The van der Waals surface area contributed by atoms with Gasteiger partial charge in [0.1, 0.15) is 6.10 Å². The number of amides is 1. The lowest BCUT2D eigenvalue weighted by Crippen LogP contribution is -2.66. The number of Topliss-reactive ketones (excluding diaryl/α,β-unsaturated/α-hetero) is 1. The maximum atomic E-state index is 14.3. The van der Waals surface area contributed by atoms with Gasteiger partial charge in [-0.3, -0.25) is 19.2 Å². The van der Waals surface area contributed by atoms with Crippen molar-refractivity contribution < 1.29 is 34.1 Å². The van der Waals surface area contributed by atoms with E-state index in [4.69, 9.17) is 16.3 Å². The molecule has 0 radical (unpaired) electrons. The van der Waals surface area contributed by atoms with Crippen LogP contribution in [0, 0.1) is 62.1 Å². The highest BCUT2D eigenvalue weighted by Gasteiger charge is 2.71. The number of aliphatic carboxylic acids is 1. The van der Waals surface area contributed by atoms with Crippen molar-refractivity contribution in [2.75, 3.05) is 6.54 Å². The average Bonchev–Trinajstić information content (AvgIpc) is 3.43. The van der Waals surface area contributed by atoms with Gasteiger partial charge in [0.2, 0.25) is 5.91 Å². The lowest BCUT2D eigenvalue weighted by atomic mass is 9.33. The van der Waals surface area contributed by atoms with Crippen molar-refractivity contribution >= 4 is 35.2 Å². The average molecular weight is 809 g/mol. The topological polar surface area (TPSA) is 121 Å². The second kappa shape index (κ2) is 15.1. The van der Waals surface area contributed by atoms with Gasteiger partial charge in [-0.2, -0.15) is 0 Å². The molecule has 8 nitrogen and oxygen atoms in total. The molecule has 1 aromatic carbocycles. The van der Waals surface area contributed by atoms with E-state index in [1.54, 1.807) is 18.7 Å². The highest BCUT2D eigenvalue weighted by Crippen LogP contribution is 2.77. The quantitative estimate of drug-likeness (QED) is 0.214. The summed E-state index contributed by atoms with van der Waals surface area (Å²) in [6.07, 6.45) is 6.32. The van der Waals surface area contributed by atoms with Crippen LogP contribution in [-0.2, 0) is 30.5 Å². The van der Waals surface area contributed by atoms with Gasteiger partial charge in [0, 0.05) is 41.3 Å². The van der Waals surface area contributed by atoms with Crippen molar-refractivity contribution in [3.8, 4) is 0 Å². The number of hydrogen-bond acceptors (Lipinski definition) is 6.